The summed E-state index contributed by atoms with van der Waals surface area (Å²) in [6.45, 7) is 1.50. The Morgan fingerprint density at radius 2 is 1.81 bits per heavy atom. The molecule has 1 saturated heterocycles. The number of nitrogens with two attached hydrogens (primary N) is 1. The molecule has 4 rings (SSSR count). The van der Waals surface area contributed by atoms with E-state index in [4.69, 9.17) is 10.5 Å². The van der Waals surface area contributed by atoms with Gasteiger partial charge in [0.2, 0.25) is 5.82 Å². The quantitative estimate of drug-likeness (QED) is 0.574. The predicted molar refractivity (Wildman–Crippen MR) is 113 cm³/mol. The van der Waals surface area contributed by atoms with Crippen molar-refractivity contribution in [2.75, 3.05) is 17.9 Å². The number of aromatic nitrogens is 2. The van der Waals surface area contributed by atoms with Crippen LogP contribution in [-0.2, 0) is 34.0 Å². The molecule has 7 nitrogen and oxygen atoms in total. The minimum Gasteiger partial charge on any atom is -0.381 e. The fraction of sp³-hybridized carbons (Fsp3) is 0.381. The minimum absolute atomic E-state index is 0.0239. The van der Waals surface area contributed by atoms with E-state index < -0.39 is 22.0 Å². The molecule has 3 aromatic rings. The van der Waals surface area contributed by atoms with Crippen LogP contribution in [0.2, 0.25) is 0 Å². The number of hydrogen-bond donors (Lipinski definition) is 2. The fourth-order valence-electron chi connectivity index (χ4n) is 3.80. The van der Waals surface area contributed by atoms with Gasteiger partial charge in [0.25, 0.3) is 10.0 Å². The number of anilines is 1. The third kappa shape index (κ3) is 4.74. The summed E-state index contributed by atoms with van der Waals surface area (Å²) in [5.41, 5.74) is 6.81. The maximum absolute atomic E-state index is 13.7. The lowest BCUT2D eigenvalue weighted by molar-refractivity contribution is -0.147. The first-order chi connectivity index (χ1) is 15.2. The summed E-state index contributed by atoms with van der Waals surface area (Å²) in [5, 5.41) is 0. The van der Waals surface area contributed by atoms with Gasteiger partial charge in [0.05, 0.1) is 21.6 Å². The summed E-state index contributed by atoms with van der Waals surface area (Å²) in [6.07, 6.45) is -3.27. The third-order valence-corrected chi connectivity index (χ3v) is 6.90. The van der Waals surface area contributed by atoms with Crippen molar-refractivity contribution in [2.24, 2.45) is 11.7 Å². The van der Waals surface area contributed by atoms with Gasteiger partial charge in [-0.05, 0) is 54.7 Å². The lowest BCUT2D eigenvalue weighted by atomic mass is 10.0. The van der Waals surface area contributed by atoms with Crippen LogP contribution in [0, 0.1) is 5.92 Å². The molecule has 3 N–H and O–H groups in total. The SMILES string of the molecule is NCc1ccc(S(=O)(=O)Nc2ccc3c(c2)nc(C(F)(F)F)n3CC2CCOCC2)cc1. The van der Waals surface area contributed by atoms with Crippen LogP contribution >= 0.6 is 0 Å². The highest BCUT2D eigenvalue weighted by atomic mass is 32.2. The van der Waals surface area contributed by atoms with Crippen molar-refractivity contribution in [1.82, 2.24) is 9.55 Å². The summed E-state index contributed by atoms with van der Waals surface area (Å²) in [4.78, 5) is 3.82. The first kappa shape index (κ1) is 22.6. The second-order valence-electron chi connectivity index (χ2n) is 7.76. The Kier molecular flexibility index (Phi) is 6.15. The molecule has 172 valence electrons. The number of rotatable bonds is 6. The second kappa shape index (κ2) is 8.72. The molecule has 0 aliphatic carbocycles. The standard InChI is InChI=1S/C21H23F3N4O3S/c22-21(23,24)20-26-18-11-16(27-32(29,30)17-4-1-14(12-25)2-5-17)3-6-19(18)28(20)13-15-7-9-31-10-8-15/h1-6,11,15,27H,7-10,12-13,25H2. The van der Waals surface area contributed by atoms with E-state index in [-0.39, 0.29) is 35.1 Å². The zero-order valence-corrected chi connectivity index (χ0v) is 17.9. The minimum atomic E-state index is -4.63. The van der Waals surface area contributed by atoms with Crippen molar-refractivity contribution in [1.29, 1.82) is 0 Å². The summed E-state index contributed by atoms with van der Waals surface area (Å²) < 4.78 is 75.2. The molecule has 0 saturated carbocycles. The molecular formula is C21H23F3N4O3S. The Hall–Kier alpha value is -2.63. The lowest BCUT2D eigenvalue weighted by Crippen LogP contribution is -2.23. The Bertz CT molecular complexity index is 1200. The molecule has 0 spiro atoms. The van der Waals surface area contributed by atoms with E-state index in [1.54, 1.807) is 12.1 Å². The average Bonchev–Trinajstić information content (AvgIpc) is 3.12. The largest absolute Gasteiger partial charge is 0.449 e. The number of imidazole rings is 1. The Morgan fingerprint density at radius 3 is 2.44 bits per heavy atom. The van der Waals surface area contributed by atoms with E-state index in [2.05, 4.69) is 9.71 Å². The molecule has 2 heterocycles. The molecule has 1 aromatic heterocycles. The lowest BCUT2D eigenvalue weighted by Gasteiger charge is -2.23. The van der Waals surface area contributed by atoms with Crippen molar-refractivity contribution in [3.63, 3.8) is 0 Å². The monoisotopic (exact) mass is 468 g/mol. The Morgan fingerprint density at radius 1 is 1.12 bits per heavy atom. The number of ether oxygens (including phenoxy) is 1. The molecule has 0 radical (unpaired) electrons. The van der Waals surface area contributed by atoms with Crippen molar-refractivity contribution in [3.05, 3.63) is 53.9 Å². The number of alkyl halides is 3. The van der Waals surface area contributed by atoms with Crippen LogP contribution in [-0.4, -0.2) is 31.2 Å². The molecule has 32 heavy (non-hydrogen) atoms. The van der Waals surface area contributed by atoms with Crippen LogP contribution in [0.5, 0.6) is 0 Å². The van der Waals surface area contributed by atoms with E-state index in [9.17, 15) is 21.6 Å². The zero-order valence-electron chi connectivity index (χ0n) is 17.1. The van der Waals surface area contributed by atoms with Crippen LogP contribution in [0.3, 0.4) is 0 Å². The summed E-state index contributed by atoms with van der Waals surface area (Å²) >= 11 is 0. The molecular weight excluding hydrogens is 445 g/mol. The number of nitrogens with one attached hydrogen (secondary N) is 1. The first-order valence-electron chi connectivity index (χ1n) is 10.1. The van der Waals surface area contributed by atoms with Gasteiger partial charge in [0.1, 0.15) is 0 Å². The van der Waals surface area contributed by atoms with Gasteiger partial charge >= 0.3 is 6.18 Å². The number of hydrogen-bond acceptors (Lipinski definition) is 5. The number of nitrogens with zero attached hydrogens (tertiary/aromatic N) is 2. The van der Waals surface area contributed by atoms with Gasteiger partial charge in [0.15, 0.2) is 0 Å². The normalized spacial score (nSPS) is 15.9. The van der Waals surface area contributed by atoms with Crippen LogP contribution in [0.25, 0.3) is 11.0 Å². The highest BCUT2D eigenvalue weighted by Gasteiger charge is 2.38. The van der Waals surface area contributed by atoms with E-state index in [1.165, 1.54) is 34.9 Å². The van der Waals surface area contributed by atoms with Gasteiger partial charge in [-0.1, -0.05) is 12.1 Å². The summed E-state index contributed by atoms with van der Waals surface area (Å²) in [5.74, 6) is -0.937. The van der Waals surface area contributed by atoms with Gasteiger partial charge in [-0.3, -0.25) is 4.72 Å². The fourth-order valence-corrected chi connectivity index (χ4v) is 4.85. The van der Waals surface area contributed by atoms with E-state index in [0.717, 1.165) is 5.56 Å². The number of halogens is 3. The topological polar surface area (TPSA) is 99.2 Å². The highest BCUT2D eigenvalue weighted by Crippen LogP contribution is 2.34. The molecule has 0 unspecified atom stereocenters. The third-order valence-electron chi connectivity index (χ3n) is 5.50. The van der Waals surface area contributed by atoms with Crippen LogP contribution in [0.15, 0.2) is 47.4 Å². The van der Waals surface area contributed by atoms with Crippen LogP contribution < -0.4 is 10.5 Å². The van der Waals surface area contributed by atoms with Gasteiger partial charge in [-0.15, -0.1) is 0 Å². The summed E-state index contributed by atoms with van der Waals surface area (Å²) in [7, 11) is -3.92. The molecule has 0 atom stereocenters. The predicted octanol–water partition coefficient (Wildman–Crippen LogP) is 3.74. The average molecular weight is 469 g/mol. The van der Waals surface area contributed by atoms with Crippen molar-refractivity contribution >= 4 is 26.7 Å². The van der Waals surface area contributed by atoms with Gasteiger partial charge in [-0.25, -0.2) is 13.4 Å². The van der Waals surface area contributed by atoms with Gasteiger partial charge < -0.3 is 15.0 Å². The molecule has 1 aliphatic heterocycles. The van der Waals surface area contributed by atoms with Crippen molar-refractivity contribution in [3.8, 4) is 0 Å². The molecule has 0 bridgehead atoms. The first-order valence-corrected chi connectivity index (χ1v) is 11.6. The summed E-state index contributed by atoms with van der Waals surface area (Å²) in [6, 6.07) is 10.3. The smallest absolute Gasteiger partial charge is 0.381 e. The maximum Gasteiger partial charge on any atom is 0.449 e. The molecule has 1 aliphatic rings. The Labute approximate surface area is 183 Å². The van der Waals surface area contributed by atoms with E-state index >= 15 is 0 Å². The van der Waals surface area contributed by atoms with E-state index in [1.807, 2.05) is 0 Å². The Balaban J connectivity index is 1.66. The second-order valence-corrected chi connectivity index (χ2v) is 9.44. The van der Waals surface area contributed by atoms with Crippen LogP contribution in [0.4, 0.5) is 18.9 Å². The van der Waals surface area contributed by atoms with Gasteiger partial charge in [0, 0.05) is 26.3 Å². The van der Waals surface area contributed by atoms with E-state index in [0.29, 0.717) is 31.6 Å². The molecule has 11 heteroatoms. The number of sulfonamides is 1. The van der Waals surface area contributed by atoms with Crippen molar-refractivity contribution in [2.45, 2.75) is 37.0 Å². The van der Waals surface area contributed by atoms with Gasteiger partial charge in [-0.2, -0.15) is 13.2 Å². The molecule has 0 amide bonds. The zero-order chi connectivity index (χ0) is 22.9. The number of benzene rings is 2. The van der Waals surface area contributed by atoms with Crippen molar-refractivity contribution < 1.29 is 26.3 Å². The molecule has 1 fully saturated rings. The molecule has 2 aromatic carbocycles. The maximum atomic E-state index is 13.7. The van der Waals surface area contributed by atoms with Crippen LogP contribution in [0.1, 0.15) is 24.2 Å². The highest BCUT2D eigenvalue weighted by molar-refractivity contribution is 7.92. The number of fused-ring (bicyclic) bond motifs is 1.